The summed E-state index contributed by atoms with van der Waals surface area (Å²) in [5, 5.41) is 22.7. The van der Waals surface area contributed by atoms with Gasteiger partial charge in [0, 0.05) is 18.7 Å². The number of anilines is 1. The molecule has 1 saturated carbocycles. The molecule has 0 radical (unpaired) electrons. The molecule has 0 spiro atoms. The molecule has 1 aliphatic rings. The van der Waals surface area contributed by atoms with Crippen molar-refractivity contribution in [2.45, 2.75) is 12.8 Å². The zero-order valence-electron chi connectivity index (χ0n) is 9.65. The van der Waals surface area contributed by atoms with Crippen LogP contribution < -0.4 is 5.32 Å². The Kier molecular flexibility index (Phi) is 3.56. The number of nitrogens with zero attached hydrogens (tertiary/aromatic N) is 1. The van der Waals surface area contributed by atoms with E-state index in [0.29, 0.717) is 18.5 Å². The molecule has 0 atom stereocenters. The quantitative estimate of drug-likeness (QED) is 0.644. The van der Waals surface area contributed by atoms with Crippen LogP contribution in [0.15, 0.2) is 12.1 Å². The molecule has 8 heteroatoms. The lowest BCUT2D eigenvalue weighted by Crippen LogP contribution is -2.24. The lowest BCUT2D eigenvalue weighted by Gasteiger charge is -2.14. The van der Waals surface area contributed by atoms with Crippen LogP contribution in [0.1, 0.15) is 12.8 Å². The second-order valence-electron chi connectivity index (χ2n) is 4.48. The van der Waals surface area contributed by atoms with Crippen molar-refractivity contribution in [1.29, 1.82) is 0 Å². The van der Waals surface area contributed by atoms with Crippen LogP contribution in [0.4, 0.5) is 11.4 Å². The van der Waals surface area contributed by atoms with Gasteiger partial charge in [0.1, 0.15) is 0 Å². The zero-order chi connectivity index (χ0) is 14.2. The molecule has 1 fully saturated rings. The summed E-state index contributed by atoms with van der Waals surface area (Å²) in [5.74, 6) is -0.867. The maximum Gasteiger partial charge on any atom is 0.311 e. The van der Waals surface area contributed by atoms with E-state index >= 15 is 0 Å². The van der Waals surface area contributed by atoms with Crippen molar-refractivity contribution in [3.8, 4) is 0 Å². The number of halogens is 2. The van der Waals surface area contributed by atoms with Gasteiger partial charge < -0.3 is 10.4 Å². The summed E-state index contributed by atoms with van der Waals surface area (Å²) >= 11 is 11.8. The summed E-state index contributed by atoms with van der Waals surface area (Å²) in [5.41, 5.74) is -0.657. The van der Waals surface area contributed by atoms with E-state index in [1.54, 1.807) is 0 Å². The van der Waals surface area contributed by atoms with Gasteiger partial charge in [0.25, 0.3) is 5.69 Å². The normalized spacial score (nSPS) is 15.9. The first-order valence-corrected chi connectivity index (χ1v) is 6.22. The highest BCUT2D eigenvalue weighted by Gasteiger charge is 2.50. The Balaban J connectivity index is 2.17. The van der Waals surface area contributed by atoms with Gasteiger partial charge in [-0.15, -0.1) is 0 Å². The molecule has 19 heavy (non-hydrogen) atoms. The van der Waals surface area contributed by atoms with Gasteiger partial charge in [0.2, 0.25) is 0 Å². The summed E-state index contributed by atoms with van der Waals surface area (Å²) in [4.78, 5) is 21.0. The van der Waals surface area contributed by atoms with E-state index in [1.165, 1.54) is 12.1 Å². The predicted octanol–water partition coefficient (Wildman–Crippen LogP) is 3.18. The molecular weight excluding hydrogens is 295 g/mol. The monoisotopic (exact) mass is 304 g/mol. The molecule has 1 aromatic carbocycles. The number of nitro benzene ring substituents is 1. The second-order valence-corrected chi connectivity index (χ2v) is 5.29. The molecule has 0 bridgehead atoms. The van der Waals surface area contributed by atoms with Gasteiger partial charge in [-0.2, -0.15) is 0 Å². The van der Waals surface area contributed by atoms with Crippen LogP contribution in [-0.2, 0) is 4.79 Å². The Labute approximate surface area is 118 Å². The number of nitro groups is 1. The van der Waals surface area contributed by atoms with Crippen molar-refractivity contribution >= 4 is 40.5 Å². The average Bonchev–Trinajstić information content (AvgIpc) is 3.08. The Morgan fingerprint density at radius 2 is 1.95 bits per heavy atom. The highest BCUT2D eigenvalue weighted by atomic mass is 35.5. The predicted molar refractivity (Wildman–Crippen MR) is 70.9 cm³/mol. The minimum Gasteiger partial charge on any atom is -0.481 e. The third-order valence-corrected chi connectivity index (χ3v) is 3.74. The van der Waals surface area contributed by atoms with Gasteiger partial charge in [-0.25, -0.2) is 0 Å². The number of carboxylic acid groups (broad SMARTS) is 1. The topological polar surface area (TPSA) is 92.5 Å². The minimum atomic E-state index is -0.867. The third-order valence-electron chi connectivity index (χ3n) is 3.15. The molecule has 0 heterocycles. The summed E-state index contributed by atoms with van der Waals surface area (Å²) in [6.07, 6.45) is 1.19. The van der Waals surface area contributed by atoms with Gasteiger partial charge >= 0.3 is 5.97 Å². The Hall–Kier alpha value is -1.53. The fourth-order valence-electron chi connectivity index (χ4n) is 1.71. The van der Waals surface area contributed by atoms with Crippen LogP contribution in [0, 0.1) is 15.5 Å². The first-order valence-electron chi connectivity index (χ1n) is 5.46. The van der Waals surface area contributed by atoms with Gasteiger partial charge in [0.05, 0.1) is 26.1 Å². The van der Waals surface area contributed by atoms with E-state index in [2.05, 4.69) is 5.32 Å². The number of benzene rings is 1. The van der Waals surface area contributed by atoms with E-state index in [0.717, 1.165) is 0 Å². The minimum absolute atomic E-state index is 0.0976. The van der Waals surface area contributed by atoms with Crippen LogP contribution in [-0.4, -0.2) is 22.5 Å². The van der Waals surface area contributed by atoms with Crippen LogP contribution >= 0.6 is 23.2 Å². The summed E-state index contributed by atoms with van der Waals surface area (Å²) in [6.45, 7) is 0.194. The smallest absolute Gasteiger partial charge is 0.311 e. The molecule has 6 nitrogen and oxygen atoms in total. The average molecular weight is 305 g/mol. The molecule has 0 aromatic heterocycles. The van der Waals surface area contributed by atoms with Crippen molar-refractivity contribution in [2.75, 3.05) is 11.9 Å². The maximum atomic E-state index is 11.0. The number of rotatable bonds is 5. The molecule has 0 amide bonds. The molecule has 1 aromatic rings. The number of aliphatic carboxylic acids is 1. The van der Waals surface area contributed by atoms with E-state index < -0.39 is 16.3 Å². The van der Waals surface area contributed by atoms with Crippen LogP contribution in [0.3, 0.4) is 0 Å². The standard InChI is InChI=1S/C11H10Cl2N2O4/c12-7-3-6(15(18)19)4-8(13)9(7)14-5-11(1-2-11)10(16)17/h3-4,14H,1-2,5H2,(H,16,17). The molecule has 1 aliphatic carbocycles. The third kappa shape index (κ3) is 2.74. The van der Waals surface area contributed by atoms with E-state index in [1.807, 2.05) is 0 Å². The van der Waals surface area contributed by atoms with Crippen LogP contribution in [0.2, 0.25) is 10.0 Å². The van der Waals surface area contributed by atoms with Crippen LogP contribution in [0.25, 0.3) is 0 Å². The number of carbonyl (C=O) groups is 1. The number of carboxylic acids is 1. The van der Waals surface area contributed by atoms with Crippen molar-refractivity contribution < 1.29 is 14.8 Å². The highest BCUT2D eigenvalue weighted by Crippen LogP contribution is 2.46. The molecule has 102 valence electrons. The lowest BCUT2D eigenvalue weighted by molar-refractivity contribution is -0.384. The summed E-state index contributed by atoms with van der Waals surface area (Å²) in [6, 6.07) is 2.35. The van der Waals surface area contributed by atoms with Crippen molar-refractivity contribution in [3.63, 3.8) is 0 Å². The summed E-state index contributed by atoms with van der Waals surface area (Å²) < 4.78 is 0. The fraction of sp³-hybridized carbons (Fsp3) is 0.364. The molecule has 2 N–H and O–H groups in total. The molecule has 0 aliphatic heterocycles. The number of nitrogens with one attached hydrogen (secondary N) is 1. The number of hydrogen-bond acceptors (Lipinski definition) is 4. The molecule has 0 saturated heterocycles. The first-order chi connectivity index (χ1) is 8.85. The molecule has 0 unspecified atom stereocenters. The Morgan fingerprint density at radius 1 is 1.42 bits per heavy atom. The van der Waals surface area contributed by atoms with E-state index in [9.17, 15) is 14.9 Å². The van der Waals surface area contributed by atoms with Gasteiger partial charge in [-0.05, 0) is 12.8 Å². The van der Waals surface area contributed by atoms with E-state index in [4.69, 9.17) is 28.3 Å². The van der Waals surface area contributed by atoms with Crippen molar-refractivity contribution in [2.24, 2.45) is 5.41 Å². The maximum absolute atomic E-state index is 11.0. The number of hydrogen-bond donors (Lipinski definition) is 2. The zero-order valence-corrected chi connectivity index (χ0v) is 11.2. The molecule has 2 rings (SSSR count). The van der Waals surface area contributed by atoms with Gasteiger partial charge in [0.15, 0.2) is 0 Å². The van der Waals surface area contributed by atoms with E-state index in [-0.39, 0.29) is 22.3 Å². The van der Waals surface area contributed by atoms with Crippen molar-refractivity contribution in [3.05, 3.63) is 32.3 Å². The fourth-order valence-corrected chi connectivity index (χ4v) is 2.32. The number of non-ortho nitro benzene ring substituents is 1. The lowest BCUT2D eigenvalue weighted by atomic mass is 10.1. The van der Waals surface area contributed by atoms with Gasteiger partial charge in [-0.1, -0.05) is 23.2 Å². The van der Waals surface area contributed by atoms with Crippen molar-refractivity contribution in [1.82, 2.24) is 0 Å². The molecular formula is C11H10Cl2N2O4. The Bertz CT molecular complexity index is 535. The second kappa shape index (κ2) is 4.86. The first kappa shape index (κ1) is 13.9. The highest BCUT2D eigenvalue weighted by molar-refractivity contribution is 6.39. The van der Waals surface area contributed by atoms with Gasteiger partial charge in [-0.3, -0.25) is 14.9 Å². The summed E-state index contributed by atoms with van der Waals surface area (Å²) in [7, 11) is 0. The Morgan fingerprint density at radius 3 is 2.32 bits per heavy atom. The SMILES string of the molecule is O=C(O)C1(CNc2c(Cl)cc([N+](=O)[O-])cc2Cl)CC1. The van der Waals surface area contributed by atoms with Crippen LogP contribution in [0.5, 0.6) is 0 Å². The largest absolute Gasteiger partial charge is 0.481 e.